The highest BCUT2D eigenvalue weighted by atomic mass is 16.2. The van der Waals surface area contributed by atoms with Crippen molar-refractivity contribution in [2.24, 2.45) is 0 Å². The second kappa shape index (κ2) is 8.91. The van der Waals surface area contributed by atoms with Gasteiger partial charge >= 0.3 is 5.69 Å². The van der Waals surface area contributed by atoms with E-state index in [1.807, 2.05) is 19.1 Å². The first-order valence-corrected chi connectivity index (χ1v) is 10.7. The SMILES string of the molecule is CCn1c(=O)[nH]c2cc(CN3CCN(c4ncc(C(=O)NC)nc4C)CC3)ccc2c1=O. The standard InChI is InChI=1S/C22H27N7O3/c1-4-29-21(31)16-6-5-15(11-17(16)26-22(29)32)13-27-7-9-28(10-8-27)19-14(2)25-18(12-24-19)20(30)23-3/h5-6,11-12H,4,7-10,13H2,1-3H3,(H,23,30)(H,26,32). The van der Waals surface area contributed by atoms with E-state index in [1.54, 1.807) is 20.0 Å². The van der Waals surface area contributed by atoms with Crippen molar-refractivity contribution in [3.8, 4) is 0 Å². The van der Waals surface area contributed by atoms with E-state index < -0.39 is 0 Å². The molecule has 0 unspecified atom stereocenters. The minimum Gasteiger partial charge on any atom is -0.354 e. The predicted molar refractivity (Wildman–Crippen MR) is 122 cm³/mol. The summed E-state index contributed by atoms with van der Waals surface area (Å²) in [5, 5.41) is 3.08. The lowest BCUT2D eigenvalue weighted by Crippen LogP contribution is -2.46. The number of anilines is 1. The summed E-state index contributed by atoms with van der Waals surface area (Å²) < 4.78 is 1.20. The number of aromatic amines is 1. The summed E-state index contributed by atoms with van der Waals surface area (Å²) in [7, 11) is 1.57. The first-order chi connectivity index (χ1) is 15.4. The summed E-state index contributed by atoms with van der Waals surface area (Å²) in [5.41, 5.74) is 2.02. The van der Waals surface area contributed by atoms with Crippen LogP contribution in [0.1, 0.15) is 28.7 Å². The molecule has 3 aromatic rings. The Hall–Kier alpha value is -3.53. The summed E-state index contributed by atoms with van der Waals surface area (Å²) in [6.45, 7) is 7.97. The van der Waals surface area contributed by atoms with Crippen LogP contribution < -0.4 is 21.5 Å². The van der Waals surface area contributed by atoms with E-state index in [-0.39, 0.29) is 17.2 Å². The molecule has 0 radical (unpaired) electrons. The Morgan fingerprint density at radius 2 is 1.94 bits per heavy atom. The second-order valence-corrected chi connectivity index (χ2v) is 7.87. The lowest BCUT2D eigenvalue weighted by Gasteiger charge is -2.35. The zero-order valence-corrected chi connectivity index (χ0v) is 18.5. The van der Waals surface area contributed by atoms with Gasteiger partial charge in [0.1, 0.15) is 11.5 Å². The van der Waals surface area contributed by atoms with Gasteiger partial charge in [0.2, 0.25) is 0 Å². The molecule has 0 aliphatic carbocycles. The molecular formula is C22H27N7O3. The zero-order chi connectivity index (χ0) is 22.8. The largest absolute Gasteiger partial charge is 0.354 e. The summed E-state index contributed by atoms with van der Waals surface area (Å²) in [4.78, 5) is 52.5. The molecule has 1 saturated heterocycles. The number of aromatic nitrogens is 4. The summed E-state index contributed by atoms with van der Waals surface area (Å²) in [6.07, 6.45) is 1.51. The van der Waals surface area contributed by atoms with Crippen molar-refractivity contribution < 1.29 is 4.79 Å². The molecule has 10 heteroatoms. The van der Waals surface area contributed by atoms with Crippen molar-refractivity contribution in [2.75, 3.05) is 38.1 Å². The molecule has 1 aromatic carbocycles. The molecule has 2 N–H and O–H groups in total. The smallest absolute Gasteiger partial charge is 0.328 e. The first-order valence-electron chi connectivity index (χ1n) is 10.7. The molecule has 10 nitrogen and oxygen atoms in total. The van der Waals surface area contributed by atoms with Gasteiger partial charge in [0.25, 0.3) is 11.5 Å². The molecule has 1 aliphatic heterocycles. The number of aryl methyl sites for hydroxylation is 1. The van der Waals surface area contributed by atoms with Crippen molar-refractivity contribution in [3.05, 3.63) is 62.2 Å². The highest BCUT2D eigenvalue weighted by Crippen LogP contribution is 2.19. The van der Waals surface area contributed by atoms with E-state index in [0.29, 0.717) is 23.1 Å². The van der Waals surface area contributed by atoms with E-state index in [4.69, 9.17) is 0 Å². The number of hydrogen-bond donors (Lipinski definition) is 2. The number of rotatable bonds is 5. The Bertz CT molecular complexity index is 1270. The molecule has 1 fully saturated rings. The molecule has 0 spiro atoms. The minimum atomic E-state index is -0.380. The van der Waals surface area contributed by atoms with E-state index in [1.165, 1.54) is 10.8 Å². The van der Waals surface area contributed by atoms with Gasteiger partial charge in [-0.05, 0) is 31.5 Å². The Morgan fingerprint density at radius 1 is 1.19 bits per heavy atom. The molecule has 1 aliphatic rings. The van der Waals surface area contributed by atoms with Gasteiger partial charge in [-0.1, -0.05) is 6.07 Å². The normalized spacial score (nSPS) is 14.7. The Labute approximate surface area is 184 Å². The molecule has 3 heterocycles. The van der Waals surface area contributed by atoms with Crippen LogP contribution in [0.2, 0.25) is 0 Å². The van der Waals surface area contributed by atoms with Crippen molar-refractivity contribution in [1.29, 1.82) is 0 Å². The topological polar surface area (TPSA) is 116 Å². The van der Waals surface area contributed by atoms with Gasteiger partial charge in [-0.2, -0.15) is 0 Å². The fourth-order valence-corrected chi connectivity index (χ4v) is 4.09. The van der Waals surface area contributed by atoms with Crippen molar-refractivity contribution >= 4 is 22.6 Å². The molecule has 2 aromatic heterocycles. The van der Waals surface area contributed by atoms with Crippen LogP contribution in [-0.2, 0) is 13.1 Å². The van der Waals surface area contributed by atoms with E-state index in [9.17, 15) is 14.4 Å². The van der Waals surface area contributed by atoms with E-state index in [0.717, 1.165) is 49.8 Å². The van der Waals surface area contributed by atoms with Crippen LogP contribution in [0.15, 0.2) is 34.0 Å². The number of amides is 1. The Kier molecular flexibility index (Phi) is 6.04. The fraction of sp³-hybridized carbons (Fsp3) is 0.409. The number of nitrogens with one attached hydrogen (secondary N) is 2. The number of nitrogens with zero attached hydrogens (tertiary/aromatic N) is 5. The Balaban J connectivity index is 1.44. The number of carbonyl (C=O) groups is 1. The molecule has 0 saturated carbocycles. The third-order valence-corrected chi connectivity index (χ3v) is 5.82. The molecule has 4 rings (SSSR count). The predicted octanol–water partition coefficient (Wildman–Crippen LogP) is 0.490. The van der Waals surface area contributed by atoms with Crippen LogP contribution in [0, 0.1) is 6.92 Å². The summed E-state index contributed by atoms with van der Waals surface area (Å²) in [6, 6.07) is 5.62. The average molecular weight is 438 g/mol. The van der Waals surface area contributed by atoms with Crippen molar-refractivity contribution in [1.82, 2.24) is 29.7 Å². The third-order valence-electron chi connectivity index (χ3n) is 5.82. The molecule has 1 amide bonds. The van der Waals surface area contributed by atoms with Crippen LogP contribution in [0.4, 0.5) is 5.82 Å². The highest BCUT2D eigenvalue weighted by molar-refractivity contribution is 5.91. The summed E-state index contributed by atoms with van der Waals surface area (Å²) in [5.74, 6) is 0.551. The first kappa shape index (κ1) is 21.7. The van der Waals surface area contributed by atoms with Gasteiger partial charge in [0, 0.05) is 46.3 Å². The van der Waals surface area contributed by atoms with E-state index in [2.05, 4.69) is 30.1 Å². The molecule has 32 heavy (non-hydrogen) atoms. The number of hydrogen-bond acceptors (Lipinski definition) is 7. The monoisotopic (exact) mass is 437 g/mol. The van der Waals surface area contributed by atoms with Crippen LogP contribution >= 0.6 is 0 Å². The second-order valence-electron chi connectivity index (χ2n) is 7.87. The van der Waals surface area contributed by atoms with Gasteiger partial charge < -0.3 is 15.2 Å². The maximum atomic E-state index is 12.4. The number of benzene rings is 1. The number of fused-ring (bicyclic) bond motifs is 1. The number of H-pyrrole nitrogens is 1. The van der Waals surface area contributed by atoms with Crippen LogP contribution in [0.25, 0.3) is 10.9 Å². The van der Waals surface area contributed by atoms with Crippen LogP contribution in [0.5, 0.6) is 0 Å². The van der Waals surface area contributed by atoms with Crippen LogP contribution in [0.3, 0.4) is 0 Å². The third kappa shape index (κ3) is 4.13. The maximum absolute atomic E-state index is 12.4. The molecule has 168 valence electrons. The lowest BCUT2D eigenvalue weighted by atomic mass is 10.1. The van der Waals surface area contributed by atoms with Gasteiger partial charge in [0.05, 0.1) is 22.8 Å². The van der Waals surface area contributed by atoms with Gasteiger partial charge in [-0.25, -0.2) is 14.8 Å². The summed E-state index contributed by atoms with van der Waals surface area (Å²) >= 11 is 0. The Morgan fingerprint density at radius 3 is 2.59 bits per heavy atom. The molecular weight excluding hydrogens is 410 g/mol. The number of carbonyl (C=O) groups excluding carboxylic acids is 1. The fourth-order valence-electron chi connectivity index (χ4n) is 4.09. The molecule has 0 bridgehead atoms. The van der Waals surface area contributed by atoms with Crippen LogP contribution in [-0.4, -0.2) is 63.6 Å². The quantitative estimate of drug-likeness (QED) is 0.597. The minimum absolute atomic E-state index is 0.248. The lowest BCUT2D eigenvalue weighted by molar-refractivity contribution is 0.0957. The maximum Gasteiger partial charge on any atom is 0.328 e. The number of piperazine rings is 1. The average Bonchev–Trinajstić information content (AvgIpc) is 2.79. The zero-order valence-electron chi connectivity index (χ0n) is 18.5. The highest BCUT2D eigenvalue weighted by Gasteiger charge is 2.21. The van der Waals surface area contributed by atoms with Crippen molar-refractivity contribution in [3.63, 3.8) is 0 Å². The van der Waals surface area contributed by atoms with Crippen molar-refractivity contribution in [2.45, 2.75) is 26.9 Å². The van der Waals surface area contributed by atoms with E-state index >= 15 is 0 Å². The van der Waals surface area contributed by atoms with Gasteiger partial charge in [-0.15, -0.1) is 0 Å². The van der Waals surface area contributed by atoms with Gasteiger partial charge in [-0.3, -0.25) is 19.1 Å². The van der Waals surface area contributed by atoms with Gasteiger partial charge in [0.15, 0.2) is 0 Å². The molecule has 0 atom stereocenters.